The van der Waals surface area contributed by atoms with E-state index >= 15 is 0 Å². The molecular weight excluding hydrogens is 339 g/mol. The molecule has 0 amide bonds. The third-order valence-electron chi connectivity index (χ3n) is 2.30. The van der Waals surface area contributed by atoms with Gasteiger partial charge in [0.15, 0.2) is 0 Å². The maximum Gasteiger partial charge on any atom is 0.255 e. The van der Waals surface area contributed by atoms with Crippen LogP contribution >= 0.6 is 58.0 Å². The average Bonchev–Trinajstić information content (AvgIpc) is 2.36. The highest BCUT2D eigenvalue weighted by Crippen LogP contribution is 2.47. The maximum atomic E-state index is 11.7. The molecule has 0 bridgehead atoms. The van der Waals surface area contributed by atoms with Crippen LogP contribution in [0.4, 0.5) is 0 Å². The van der Waals surface area contributed by atoms with Gasteiger partial charge in [0, 0.05) is 11.8 Å². The largest absolute Gasteiger partial charge is 0.329 e. The van der Waals surface area contributed by atoms with Gasteiger partial charge in [-0.1, -0.05) is 58.0 Å². The lowest BCUT2D eigenvalue weighted by molar-refractivity contribution is 1.24. The van der Waals surface area contributed by atoms with Crippen LogP contribution in [-0.4, -0.2) is 4.98 Å². The predicted molar refractivity (Wildman–Crippen MR) is 77.5 cm³/mol. The monoisotopic (exact) mass is 341 g/mol. The second-order valence-electron chi connectivity index (χ2n) is 3.36. The molecule has 0 unspecified atom stereocenters. The van der Waals surface area contributed by atoms with Gasteiger partial charge in [0.2, 0.25) is 0 Å². The number of aromatic amines is 1. The minimum Gasteiger partial charge on any atom is -0.329 e. The molecule has 2 aromatic rings. The summed E-state index contributed by atoms with van der Waals surface area (Å²) in [6, 6.07) is 3.20. The van der Waals surface area contributed by atoms with Crippen molar-refractivity contribution in [2.75, 3.05) is 0 Å². The smallest absolute Gasteiger partial charge is 0.255 e. The van der Waals surface area contributed by atoms with Crippen LogP contribution < -0.4 is 5.56 Å². The van der Waals surface area contributed by atoms with Gasteiger partial charge in [-0.15, -0.1) is 0 Å². The molecule has 0 spiro atoms. The zero-order chi connectivity index (χ0) is 13.4. The summed E-state index contributed by atoms with van der Waals surface area (Å²) in [5.74, 6) is 0. The highest BCUT2D eigenvalue weighted by atomic mass is 35.5. The summed E-state index contributed by atoms with van der Waals surface area (Å²) in [7, 11) is 0. The number of benzene rings is 1. The minimum atomic E-state index is -0.351. The van der Waals surface area contributed by atoms with Gasteiger partial charge in [-0.2, -0.15) is 0 Å². The first-order valence-electron chi connectivity index (χ1n) is 4.64. The summed E-state index contributed by atoms with van der Waals surface area (Å²) in [6.07, 6.45) is 1.49. The Bertz CT molecular complexity index is 651. The van der Waals surface area contributed by atoms with Gasteiger partial charge in [0.1, 0.15) is 0 Å². The minimum absolute atomic E-state index is 0.0597. The summed E-state index contributed by atoms with van der Waals surface area (Å²) in [4.78, 5) is 14.3. The Morgan fingerprint density at radius 2 is 1.33 bits per heavy atom. The van der Waals surface area contributed by atoms with Crippen molar-refractivity contribution >= 4 is 58.0 Å². The van der Waals surface area contributed by atoms with Gasteiger partial charge >= 0.3 is 0 Å². The zero-order valence-electron chi connectivity index (χ0n) is 8.53. The molecule has 2 rings (SSSR count). The fourth-order valence-electron chi connectivity index (χ4n) is 1.46. The van der Waals surface area contributed by atoms with E-state index in [1.807, 2.05) is 0 Å². The molecule has 94 valence electrons. The number of halogens is 5. The number of hydrogen-bond donors (Lipinski definition) is 1. The number of aromatic nitrogens is 1. The number of H-pyrrole nitrogens is 1. The van der Waals surface area contributed by atoms with E-state index in [0.29, 0.717) is 0 Å². The lowest BCUT2D eigenvalue weighted by atomic mass is 10.1. The second kappa shape index (κ2) is 5.32. The topological polar surface area (TPSA) is 32.9 Å². The van der Waals surface area contributed by atoms with Crippen molar-refractivity contribution in [1.82, 2.24) is 4.98 Å². The van der Waals surface area contributed by atoms with Crippen LogP contribution in [0.1, 0.15) is 0 Å². The molecule has 0 aliphatic heterocycles. The molecule has 0 aliphatic rings. The van der Waals surface area contributed by atoms with Gasteiger partial charge in [0.05, 0.1) is 30.7 Å². The quantitative estimate of drug-likeness (QED) is 0.552. The third-order valence-corrected chi connectivity index (χ3v) is 4.57. The first-order chi connectivity index (χ1) is 8.45. The van der Waals surface area contributed by atoms with Crippen LogP contribution in [0.5, 0.6) is 0 Å². The van der Waals surface area contributed by atoms with Crippen molar-refractivity contribution in [1.29, 1.82) is 0 Å². The molecule has 0 atom stereocenters. The first-order valence-corrected chi connectivity index (χ1v) is 6.53. The molecule has 18 heavy (non-hydrogen) atoms. The summed E-state index contributed by atoms with van der Waals surface area (Å²) >= 11 is 29.9. The van der Waals surface area contributed by atoms with Crippen molar-refractivity contribution < 1.29 is 0 Å². The normalized spacial score (nSPS) is 10.7. The van der Waals surface area contributed by atoms with E-state index in [9.17, 15) is 4.79 Å². The summed E-state index contributed by atoms with van der Waals surface area (Å²) in [6.45, 7) is 0. The van der Waals surface area contributed by atoms with Crippen molar-refractivity contribution in [2.24, 2.45) is 0 Å². The SMILES string of the molecule is O=c1[nH]cccc1-c1c(Cl)c(Cl)c(Cl)c(Cl)c1Cl. The summed E-state index contributed by atoms with van der Waals surface area (Å²) in [5, 5.41) is 0.363. The van der Waals surface area contributed by atoms with E-state index in [-0.39, 0.29) is 41.8 Å². The number of pyridine rings is 1. The molecular formula is C11H4Cl5NO. The fourth-order valence-corrected chi connectivity index (χ4v) is 2.80. The Labute approximate surface area is 127 Å². The van der Waals surface area contributed by atoms with E-state index in [4.69, 9.17) is 58.0 Å². The van der Waals surface area contributed by atoms with Gasteiger partial charge in [-0.05, 0) is 12.1 Å². The molecule has 0 radical (unpaired) electrons. The Hall–Kier alpha value is -0.380. The van der Waals surface area contributed by atoms with Crippen LogP contribution in [0.3, 0.4) is 0 Å². The molecule has 1 aromatic heterocycles. The van der Waals surface area contributed by atoms with Crippen molar-refractivity contribution in [3.8, 4) is 11.1 Å². The van der Waals surface area contributed by atoms with Crippen LogP contribution in [0.25, 0.3) is 11.1 Å². The molecule has 1 N–H and O–H groups in total. The van der Waals surface area contributed by atoms with Crippen LogP contribution in [0.2, 0.25) is 25.1 Å². The highest BCUT2D eigenvalue weighted by molar-refractivity contribution is 6.56. The molecule has 1 heterocycles. The van der Waals surface area contributed by atoms with Gasteiger partial charge in [-0.25, -0.2) is 0 Å². The standard InChI is InChI=1S/C11H4Cl5NO/c12-6-5(4-2-1-3-17-11(4)18)7(13)9(15)10(16)8(6)14/h1-3H,(H,17,18). The number of nitrogens with one attached hydrogen (secondary N) is 1. The van der Waals surface area contributed by atoms with Gasteiger partial charge < -0.3 is 4.98 Å². The predicted octanol–water partition coefficient (Wildman–Crippen LogP) is 5.31. The number of hydrogen-bond acceptors (Lipinski definition) is 1. The van der Waals surface area contributed by atoms with E-state index in [2.05, 4.69) is 4.98 Å². The van der Waals surface area contributed by atoms with E-state index in [1.54, 1.807) is 12.1 Å². The zero-order valence-corrected chi connectivity index (χ0v) is 12.3. The Morgan fingerprint density at radius 3 is 1.83 bits per heavy atom. The van der Waals surface area contributed by atoms with Gasteiger partial charge in [-0.3, -0.25) is 4.79 Å². The van der Waals surface area contributed by atoms with E-state index in [0.717, 1.165) is 0 Å². The first kappa shape index (κ1) is 14.0. The molecule has 0 saturated heterocycles. The van der Waals surface area contributed by atoms with Gasteiger partial charge in [0.25, 0.3) is 5.56 Å². The van der Waals surface area contributed by atoms with Crippen molar-refractivity contribution in [3.05, 3.63) is 53.8 Å². The molecule has 0 fully saturated rings. The van der Waals surface area contributed by atoms with E-state index in [1.165, 1.54) is 6.20 Å². The Kier molecular flexibility index (Phi) is 4.15. The third kappa shape index (κ3) is 2.24. The van der Waals surface area contributed by atoms with Crippen LogP contribution in [0.15, 0.2) is 23.1 Å². The maximum absolute atomic E-state index is 11.7. The Morgan fingerprint density at radius 1 is 0.833 bits per heavy atom. The summed E-state index contributed by atoms with van der Waals surface area (Å²) < 4.78 is 0. The molecule has 2 nitrogen and oxygen atoms in total. The van der Waals surface area contributed by atoms with E-state index < -0.39 is 0 Å². The lowest BCUT2D eigenvalue weighted by Gasteiger charge is -2.11. The lowest BCUT2D eigenvalue weighted by Crippen LogP contribution is -2.07. The molecule has 0 saturated carbocycles. The second-order valence-corrected chi connectivity index (χ2v) is 5.25. The van der Waals surface area contributed by atoms with Crippen LogP contribution in [0, 0.1) is 0 Å². The Balaban J connectivity index is 2.89. The highest BCUT2D eigenvalue weighted by Gasteiger charge is 2.21. The van der Waals surface area contributed by atoms with Crippen molar-refractivity contribution in [3.63, 3.8) is 0 Å². The fraction of sp³-hybridized carbons (Fsp3) is 0. The van der Waals surface area contributed by atoms with Crippen LogP contribution in [-0.2, 0) is 0 Å². The van der Waals surface area contributed by atoms with Crippen molar-refractivity contribution in [2.45, 2.75) is 0 Å². The molecule has 1 aromatic carbocycles. The summed E-state index contributed by atoms with van der Waals surface area (Å²) in [5.41, 5.74) is 0.184. The molecule has 7 heteroatoms. The average molecular weight is 343 g/mol. The molecule has 0 aliphatic carbocycles. The number of rotatable bonds is 1.